The first-order valence-electron chi connectivity index (χ1n) is 9.73. The number of nitrogens with zero attached hydrogens (tertiary/aromatic N) is 1. The number of Topliss-reactive ketones (excluding diaryl/α,β-unsaturated/α-hetero) is 2. The van der Waals surface area contributed by atoms with E-state index in [9.17, 15) is 22.8 Å². The van der Waals surface area contributed by atoms with E-state index in [0.717, 1.165) is 5.56 Å². The monoisotopic (exact) mass is 463 g/mol. The summed E-state index contributed by atoms with van der Waals surface area (Å²) < 4.78 is 27.6. The number of aliphatic carboxylic acids is 1. The highest BCUT2D eigenvalue weighted by atomic mass is 35.5. The van der Waals surface area contributed by atoms with Gasteiger partial charge in [0.15, 0.2) is 0 Å². The summed E-state index contributed by atoms with van der Waals surface area (Å²) in [6.07, 6.45) is 0.160. The first kappa shape index (κ1) is 23.1. The van der Waals surface area contributed by atoms with E-state index in [1.54, 1.807) is 42.5 Å². The molecule has 0 aromatic heterocycles. The summed E-state index contributed by atoms with van der Waals surface area (Å²) in [5.41, 5.74) is -0.460. The maximum Gasteiger partial charge on any atom is 0.372 e. The van der Waals surface area contributed by atoms with E-state index in [4.69, 9.17) is 16.7 Å². The fourth-order valence-electron chi connectivity index (χ4n) is 3.91. The van der Waals surface area contributed by atoms with Gasteiger partial charge in [-0.1, -0.05) is 41.9 Å². The molecule has 0 bridgehead atoms. The number of benzene rings is 2. The van der Waals surface area contributed by atoms with Crippen molar-refractivity contribution in [3.05, 3.63) is 65.2 Å². The van der Waals surface area contributed by atoms with Crippen molar-refractivity contribution in [1.82, 2.24) is 4.31 Å². The van der Waals surface area contributed by atoms with Gasteiger partial charge in [0.1, 0.15) is 5.78 Å². The quantitative estimate of drug-likeness (QED) is 0.476. The third-order valence-electron chi connectivity index (χ3n) is 5.53. The molecule has 0 saturated carbocycles. The Morgan fingerprint density at radius 1 is 1.03 bits per heavy atom. The average molecular weight is 464 g/mol. The minimum Gasteiger partial charge on any atom is -0.475 e. The van der Waals surface area contributed by atoms with Crippen molar-refractivity contribution in [3.8, 4) is 0 Å². The van der Waals surface area contributed by atoms with Gasteiger partial charge in [-0.25, -0.2) is 13.2 Å². The summed E-state index contributed by atoms with van der Waals surface area (Å²) in [5, 5.41) is 9.46. The maximum atomic E-state index is 13.2. The van der Waals surface area contributed by atoms with Crippen LogP contribution in [0.3, 0.4) is 0 Å². The molecule has 2 aromatic rings. The molecule has 1 unspecified atom stereocenters. The Labute approximate surface area is 185 Å². The molecule has 1 saturated heterocycles. The zero-order valence-corrected chi connectivity index (χ0v) is 18.2. The van der Waals surface area contributed by atoms with Crippen molar-refractivity contribution >= 4 is 39.2 Å². The molecule has 1 N–H and O–H groups in total. The second-order valence-electron chi connectivity index (χ2n) is 7.67. The molecule has 0 aliphatic carbocycles. The van der Waals surface area contributed by atoms with Crippen LogP contribution < -0.4 is 0 Å². The summed E-state index contributed by atoms with van der Waals surface area (Å²) in [6.45, 7) is 0.109. The van der Waals surface area contributed by atoms with Crippen LogP contribution in [0.5, 0.6) is 0 Å². The van der Waals surface area contributed by atoms with Crippen LogP contribution in [-0.2, 0) is 30.8 Å². The molecule has 2 aromatic carbocycles. The van der Waals surface area contributed by atoms with Gasteiger partial charge in [0.2, 0.25) is 15.8 Å². The summed E-state index contributed by atoms with van der Waals surface area (Å²) in [5.74, 6) is -3.45. The Bertz CT molecular complexity index is 1080. The first-order valence-corrected chi connectivity index (χ1v) is 11.5. The van der Waals surface area contributed by atoms with Gasteiger partial charge in [-0.3, -0.25) is 9.59 Å². The number of rotatable bonds is 8. The van der Waals surface area contributed by atoms with Crippen LogP contribution in [0.4, 0.5) is 0 Å². The standard InChI is InChI=1S/C22H22ClNO6S/c23-17-9-7-16(8-10-17)14-22(20(26)13-19(25)21(27)28)11-4-12-24(15-22)31(29,30)18-5-2-1-3-6-18/h1-3,5-10H,4,11-15H2,(H,27,28). The number of carboxylic acids is 1. The molecule has 0 radical (unpaired) electrons. The summed E-state index contributed by atoms with van der Waals surface area (Å²) in [7, 11) is -3.85. The van der Waals surface area contributed by atoms with Crippen LogP contribution in [0.15, 0.2) is 59.5 Å². The number of ketones is 2. The molecule has 7 nitrogen and oxygen atoms in total. The molecule has 1 fully saturated rings. The minimum atomic E-state index is -3.85. The lowest BCUT2D eigenvalue weighted by Crippen LogP contribution is -2.51. The number of carbonyl (C=O) groups is 3. The van der Waals surface area contributed by atoms with Gasteiger partial charge in [-0.2, -0.15) is 4.31 Å². The number of piperidine rings is 1. The van der Waals surface area contributed by atoms with E-state index >= 15 is 0 Å². The second kappa shape index (κ2) is 9.30. The van der Waals surface area contributed by atoms with Crippen molar-refractivity contribution in [1.29, 1.82) is 0 Å². The Morgan fingerprint density at radius 2 is 1.68 bits per heavy atom. The Morgan fingerprint density at radius 3 is 2.29 bits per heavy atom. The van der Waals surface area contributed by atoms with E-state index in [2.05, 4.69) is 0 Å². The lowest BCUT2D eigenvalue weighted by atomic mass is 9.71. The number of carbonyl (C=O) groups excluding carboxylic acids is 2. The number of halogens is 1. The molecule has 31 heavy (non-hydrogen) atoms. The molecule has 3 rings (SSSR count). The van der Waals surface area contributed by atoms with Crippen LogP contribution in [0.1, 0.15) is 24.8 Å². The summed E-state index contributed by atoms with van der Waals surface area (Å²) >= 11 is 5.94. The van der Waals surface area contributed by atoms with Gasteiger partial charge in [0, 0.05) is 23.5 Å². The van der Waals surface area contributed by atoms with Crippen LogP contribution >= 0.6 is 11.6 Å². The van der Waals surface area contributed by atoms with Gasteiger partial charge in [-0.15, -0.1) is 0 Å². The van der Waals surface area contributed by atoms with E-state index in [1.807, 2.05) is 0 Å². The summed E-state index contributed by atoms with van der Waals surface area (Å²) in [6, 6.07) is 14.7. The molecule has 0 spiro atoms. The highest BCUT2D eigenvalue weighted by molar-refractivity contribution is 7.89. The molecule has 0 amide bonds. The van der Waals surface area contributed by atoms with Gasteiger partial charge >= 0.3 is 5.97 Å². The lowest BCUT2D eigenvalue weighted by molar-refractivity contribution is -0.151. The zero-order chi connectivity index (χ0) is 22.6. The van der Waals surface area contributed by atoms with E-state index in [1.165, 1.54) is 16.4 Å². The van der Waals surface area contributed by atoms with Crippen LogP contribution in [0.25, 0.3) is 0 Å². The smallest absolute Gasteiger partial charge is 0.372 e. The number of hydrogen-bond donors (Lipinski definition) is 1. The Kier molecular flexibility index (Phi) is 6.93. The molecule has 1 atom stereocenters. The highest BCUT2D eigenvalue weighted by Gasteiger charge is 2.45. The van der Waals surface area contributed by atoms with E-state index < -0.39 is 39.4 Å². The molecule has 1 heterocycles. The molecular formula is C22H22ClNO6S. The number of carboxylic acid groups (broad SMARTS) is 1. The van der Waals surface area contributed by atoms with Crippen molar-refractivity contribution < 1.29 is 27.9 Å². The van der Waals surface area contributed by atoms with E-state index in [-0.39, 0.29) is 24.4 Å². The number of sulfonamides is 1. The van der Waals surface area contributed by atoms with Crippen molar-refractivity contribution in [2.45, 2.75) is 30.6 Å². The highest BCUT2D eigenvalue weighted by Crippen LogP contribution is 2.38. The van der Waals surface area contributed by atoms with Crippen LogP contribution in [0, 0.1) is 5.41 Å². The molecule has 9 heteroatoms. The lowest BCUT2D eigenvalue weighted by Gasteiger charge is -2.41. The third-order valence-corrected chi connectivity index (χ3v) is 7.64. The second-order valence-corrected chi connectivity index (χ2v) is 10.0. The fourth-order valence-corrected chi connectivity index (χ4v) is 5.62. The molecule has 1 aliphatic rings. The average Bonchev–Trinajstić information content (AvgIpc) is 2.76. The molecular weight excluding hydrogens is 442 g/mol. The SMILES string of the molecule is O=C(O)C(=O)CC(=O)C1(Cc2ccc(Cl)cc2)CCCN(S(=O)(=O)c2ccccc2)C1. The Balaban J connectivity index is 1.96. The molecule has 1 aliphatic heterocycles. The fraction of sp³-hybridized carbons (Fsp3) is 0.318. The predicted octanol–water partition coefficient (Wildman–Crippen LogP) is 2.97. The minimum absolute atomic E-state index is 0.117. The zero-order valence-electron chi connectivity index (χ0n) is 16.7. The van der Waals surface area contributed by atoms with Crippen molar-refractivity contribution in [2.75, 3.05) is 13.1 Å². The molecule has 164 valence electrons. The van der Waals surface area contributed by atoms with E-state index in [0.29, 0.717) is 17.9 Å². The van der Waals surface area contributed by atoms with Crippen molar-refractivity contribution in [3.63, 3.8) is 0 Å². The topological polar surface area (TPSA) is 109 Å². The van der Waals surface area contributed by atoms with Crippen molar-refractivity contribution in [2.24, 2.45) is 5.41 Å². The third kappa shape index (κ3) is 5.20. The van der Waals surface area contributed by atoms with Gasteiger partial charge < -0.3 is 5.11 Å². The van der Waals surface area contributed by atoms with Gasteiger partial charge in [0.05, 0.1) is 11.3 Å². The Hall–Kier alpha value is -2.55. The van der Waals surface area contributed by atoms with Crippen LogP contribution in [-0.4, -0.2) is 48.5 Å². The first-order chi connectivity index (χ1) is 14.6. The normalized spacial score (nSPS) is 19.6. The van der Waals surface area contributed by atoms with Gasteiger partial charge in [-0.05, 0) is 49.1 Å². The largest absolute Gasteiger partial charge is 0.475 e. The summed E-state index contributed by atoms with van der Waals surface area (Å²) in [4.78, 5) is 36.1. The number of hydrogen-bond acceptors (Lipinski definition) is 5. The van der Waals surface area contributed by atoms with Crippen LogP contribution in [0.2, 0.25) is 5.02 Å². The van der Waals surface area contributed by atoms with Gasteiger partial charge in [0.25, 0.3) is 0 Å². The predicted molar refractivity (Wildman–Crippen MR) is 114 cm³/mol. The maximum absolute atomic E-state index is 13.2.